The number of rotatable bonds is 6. The molecule has 152 valence electrons. The molecule has 0 fully saturated rings. The molecule has 0 aliphatic carbocycles. The predicted molar refractivity (Wildman–Crippen MR) is 115 cm³/mol. The molecule has 4 aromatic rings. The number of nitrogens with zero attached hydrogens (tertiary/aromatic N) is 4. The molecule has 0 atom stereocenters. The van der Waals surface area contributed by atoms with Gasteiger partial charge in [0.05, 0.1) is 5.69 Å². The maximum atomic E-state index is 12.6. The summed E-state index contributed by atoms with van der Waals surface area (Å²) in [6, 6.07) is 18.4. The van der Waals surface area contributed by atoms with Crippen LogP contribution in [0.3, 0.4) is 0 Å². The molecule has 4 rings (SSSR count). The lowest BCUT2D eigenvalue weighted by Gasteiger charge is -2.10. The Labute approximate surface area is 181 Å². The zero-order valence-electron chi connectivity index (χ0n) is 15.7. The van der Waals surface area contributed by atoms with Gasteiger partial charge in [0.25, 0.3) is 10.0 Å². The van der Waals surface area contributed by atoms with Gasteiger partial charge in [-0.25, -0.2) is 13.1 Å². The molecule has 0 bridgehead atoms. The molecule has 2 heterocycles. The lowest BCUT2D eigenvalue weighted by Crippen LogP contribution is -2.13. The second-order valence-electron chi connectivity index (χ2n) is 6.29. The zero-order chi connectivity index (χ0) is 21.1. The summed E-state index contributed by atoms with van der Waals surface area (Å²) in [6.45, 7) is 1.89. The van der Waals surface area contributed by atoms with Crippen molar-refractivity contribution in [1.82, 2.24) is 20.0 Å². The highest BCUT2D eigenvalue weighted by atomic mass is 79.9. The zero-order valence-corrected chi connectivity index (χ0v) is 18.1. The number of halogens is 1. The Morgan fingerprint density at radius 1 is 0.967 bits per heavy atom. The van der Waals surface area contributed by atoms with Crippen LogP contribution < -0.4 is 9.46 Å². The van der Waals surface area contributed by atoms with E-state index in [0.717, 1.165) is 5.69 Å². The van der Waals surface area contributed by atoms with Gasteiger partial charge in [0.2, 0.25) is 5.88 Å². The first kappa shape index (κ1) is 20.0. The molecule has 2 aromatic heterocycles. The summed E-state index contributed by atoms with van der Waals surface area (Å²) in [5, 5.41) is 12.4. The van der Waals surface area contributed by atoms with Crippen molar-refractivity contribution in [2.45, 2.75) is 11.8 Å². The number of aromatic nitrogens is 4. The summed E-state index contributed by atoms with van der Waals surface area (Å²) >= 11 is 3.26. The molecule has 0 saturated carbocycles. The number of sulfonamides is 1. The first-order valence-electron chi connectivity index (χ1n) is 8.82. The third-order valence-corrected chi connectivity index (χ3v) is 6.43. The van der Waals surface area contributed by atoms with E-state index in [2.05, 4.69) is 35.9 Å². The van der Waals surface area contributed by atoms with Gasteiger partial charge >= 0.3 is 0 Å². The number of nitrogens with one attached hydrogen (secondary N) is 1. The van der Waals surface area contributed by atoms with E-state index in [1.807, 2.05) is 13.0 Å². The minimum absolute atomic E-state index is 0.160. The second kappa shape index (κ2) is 8.25. The van der Waals surface area contributed by atoms with Crippen molar-refractivity contribution >= 4 is 31.6 Å². The highest BCUT2D eigenvalue weighted by Crippen LogP contribution is 2.26. The minimum atomic E-state index is -3.71. The summed E-state index contributed by atoms with van der Waals surface area (Å²) in [4.78, 5) is 0.160. The highest BCUT2D eigenvalue weighted by molar-refractivity contribution is 9.10. The smallest absolute Gasteiger partial charge is 0.263 e. The van der Waals surface area contributed by atoms with E-state index in [4.69, 9.17) is 4.74 Å². The molecule has 0 spiro atoms. The van der Waals surface area contributed by atoms with Crippen molar-refractivity contribution in [3.8, 4) is 17.4 Å². The van der Waals surface area contributed by atoms with Crippen LogP contribution in [-0.4, -0.2) is 28.4 Å². The lowest BCUT2D eigenvalue weighted by molar-refractivity contribution is 0.454. The van der Waals surface area contributed by atoms with Crippen LogP contribution in [-0.2, 0) is 10.0 Å². The van der Waals surface area contributed by atoms with Crippen LogP contribution in [0.4, 0.5) is 5.69 Å². The Morgan fingerprint density at radius 2 is 1.73 bits per heavy atom. The molecular formula is C20H16BrN5O3S. The standard InChI is InChI=1S/C20H16BrN5O3S/c1-14-12-13-26(24-14)19-10-11-20(23-22-19)29-16-8-6-15(7-9-16)25-30(27,28)18-5-3-2-4-17(18)21/h2-13,25H,1H3. The molecule has 0 saturated heterocycles. The van der Waals surface area contributed by atoms with Crippen LogP contribution in [0.25, 0.3) is 5.82 Å². The first-order chi connectivity index (χ1) is 14.4. The van der Waals surface area contributed by atoms with Gasteiger partial charge in [-0.2, -0.15) is 5.10 Å². The fraction of sp³-hybridized carbons (Fsp3) is 0.0500. The van der Waals surface area contributed by atoms with Crippen LogP contribution in [0, 0.1) is 6.92 Å². The van der Waals surface area contributed by atoms with Gasteiger partial charge in [-0.15, -0.1) is 10.2 Å². The molecule has 0 radical (unpaired) electrons. The van der Waals surface area contributed by atoms with Crippen LogP contribution >= 0.6 is 15.9 Å². The molecule has 8 nitrogen and oxygen atoms in total. The van der Waals surface area contributed by atoms with Gasteiger partial charge in [0.1, 0.15) is 10.6 Å². The van der Waals surface area contributed by atoms with Crippen molar-refractivity contribution in [2.75, 3.05) is 4.72 Å². The Balaban J connectivity index is 1.44. The van der Waals surface area contributed by atoms with E-state index in [1.54, 1.807) is 65.5 Å². The SMILES string of the molecule is Cc1ccn(-c2ccc(Oc3ccc(NS(=O)(=O)c4ccccc4Br)cc3)nn2)n1. The average Bonchev–Trinajstić information content (AvgIpc) is 3.16. The van der Waals surface area contributed by atoms with Crippen molar-refractivity contribution < 1.29 is 13.2 Å². The molecule has 0 aliphatic rings. The Kier molecular flexibility index (Phi) is 5.51. The summed E-state index contributed by atoms with van der Waals surface area (Å²) in [5.74, 6) is 1.38. The fourth-order valence-corrected chi connectivity index (χ4v) is 4.68. The molecule has 0 unspecified atom stereocenters. The van der Waals surface area contributed by atoms with Gasteiger partial charge in [-0.3, -0.25) is 4.72 Å². The summed E-state index contributed by atoms with van der Waals surface area (Å²) in [7, 11) is -3.71. The summed E-state index contributed by atoms with van der Waals surface area (Å²) in [6.07, 6.45) is 1.80. The van der Waals surface area contributed by atoms with Gasteiger partial charge in [0.15, 0.2) is 5.82 Å². The number of ether oxygens (including phenoxy) is 1. The molecule has 0 amide bonds. The van der Waals surface area contributed by atoms with Crippen molar-refractivity contribution in [2.24, 2.45) is 0 Å². The number of hydrogen-bond acceptors (Lipinski definition) is 6. The van der Waals surface area contributed by atoms with Crippen LogP contribution in [0.1, 0.15) is 5.69 Å². The van der Waals surface area contributed by atoms with Gasteiger partial charge in [0, 0.05) is 22.4 Å². The van der Waals surface area contributed by atoms with E-state index in [1.165, 1.54) is 6.07 Å². The molecule has 10 heteroatoms. The lowest BCUT2D eigenvalue weighted by atomic mass is 10.3. The number of aryl methyl sites for hydroxylation is 1. The van der Waals surface area contributed by atoms with E-state index in [-0.39, 0.29) is 4.90 Å². The first-order valence-corrected chi connectivity index (χ1v) is 11.1. The van der Waals surface area contributed by atoms with Crippen LogP contribution in [0.2, 0.25) is 0 Å². The molecule has 0 aliphatic heterocycles. The Bertz CT molecular complexity index is 1270. The number of hydrogen-bond donors (Lipinski definition) is 1. The van der Waals surface area contributed by atoms with Crippen LogP contribution in [0.15, 0.2) is 82.3 Å². The predicted octanol–water partition coefficient (Wildman–Crippen LogP) is 4.33. The number of anilines is 1. The van der Waals surface area contributed by atoms with Gasteiger partial charge in [-0.1, -0.05) is 12.1 Å². The minimum Gasteiger partial charge on any atom is -0.438 e. The van der Waals surface area contributed by atoms with Crippen molar-refractivity contribution in [1.29, 1.82) is 0 Å². The van der Waals surface area contributed by atoms with Crippen LogP contribution in [0.5, 0.6) is 11.6 Å². The number of benzene rings is 2. The molecule has 1 N–H and O–H groups in total. The molecule has 2 aromatic carbocycles. The van der Waals surface area contributed by atoms with Crippen molar-refractivity contribution in [3.63, 3.8) is 0 Å². The topological polar surface area (TPSA) is 99.0 Å². The molecular weight excluding hydrogens is 470 g/mol. The quantitative estimate of drug-likeness (QED) is 0.436. The monoisotopic (exact) mass is 485 g/mol. The van der Waals surface area contributed by atoms with Gasteiger partial charge in [-0.05, 0) is 71.4 Å². The highest BCUT2D eigenvalue weighted by Gasteiger charge is 2.17. The third kappa shape index (κ3) is 4.50. The summed E-state index contributed by atoms with van der Waals surface area (Å²) in [5.41, 5.74) is 1.29. The van der Waals surface area contributed by atoms with Gasteiger partial charge < -0.3 is 4.74 Å². The summed E-state index contributed by atoms with van der Waals surface area (Å²) < 4.78 is 35.4. The molecule has 30 heavy (non-hydrogen) atoms. The largest absolute Gasteiger partial charge is 0.438 e. The normalized spacial score (nSPS) is 11.3. The van der Waals surface area contributed by atoms with E-state index < -0.39 is 10.0 Å². The maximum Gasteiger partial charge on any atom is 0.263 e. The van der Waals surface area contributed by atoms with E-state index >= 15 is 0 Å². The van der Waals surface area contributed by atoms with E-state index in [9.17, 15) is 8.42 Å². The maximum absolute atomic E-state index is 12.6. The third-order valence-electron chi connectivity index (χ3n) is 4.04. The van der Waals surface area contributed by atoms with Crippen molar-refractivity contribution in [3.05, 3.63) is 83.1 Å². The average molecular weight is 486 g/mol. The van der Waals surface area contributed by atoms with E-state index in [0.29, 0.717) is 27.6 Å². The fourth-order valence-electron chi connectivity index (χ4n) is 2.62. The Morgan fingerprint density at radius 3 is 2.37 bits per heavy atom. The second-order valence-corrected chi connectivity index (χ2v) is 8.80. The Hall–Kier alpha value is -3.24.